The van der Waals surface area contributed by atoms with Crippen LogP contribution in [0.3, 0.4) is 0 Å². The van der Waals surface area contributed by atoms with Crippen molar-refractivity contribution < 1.29 is 58.5 Å². The molecule has 23 N–H and O–H groups in total. The van der Waals surface area contributed by atoms with Crippen LogP contribution in [0.1, 0.15) is 90.9 Å². The number of nitrogens with two attached hydrogens (primary N) is 7. The fourth-order valence-corrected chi connectivity index (χ4v) is 5.83. The predicted molar refractivity (Wildman–Crippen MR) is 232 cm³/mol. The highest BCUT2D eigenvalue weighted by atomic mass is 16.4. The van der Waals surface area contributed by atoms with Crippen molar-refractivity contribution >= 4 is 65.3 Å². The van der Waals surface area contributed by atoms with Crippen molar-refractivity contribution in [3.63, 3.8) is 0 Å². The van der Waals surface area contributed by atoms with E-state index in [2.05, 4.69) is 41.9 Å². The topological polar surface area (TPSA) is 493 Å². The number of nitrogens with one attached hydrogen (secondary N) is 6. The van der Waals surface area contributed by atoms with Crippen LogP contribution in [0.5, 0.6) is 0 Å². The molecule has 0 aliphatic carbocycles. The Hall–Kier alpha value is -6.35. The summed E-state index contributed by atoms with van der Waals surface area (Å²) in [6, 6.07) is -10.4. The molecule has 0 aromatic carbocycles. The van der Waals surface area contributed by atoms with Crippen molar-refractivity contribution in [2.75, 3.05) is 26.2 Å². The van der Waals surface area contributed by atoms with Gasteiger partial charge in [-0.1, -0.05) is 13.8 Å². The number of carbonyl (C=O) groups excluding carboxylic acids is 6. The second kappa shape index (κ2) is 31.5. The van der Waals surface area contributed by atoms with Gasteiger partial charge < -0.3 is 87.4 Å². The van der Waals surface area contributed by atoms with E-state index in [1.165, 1.54) is 13.8 Å². The van der Waals surface area contributed by atoms with Gasteiger partial charge in [0.2, 0.25) is 35.4 Å². The molecule has 0 unspecified atom stereocenters. The lowest BCUT2D eigenvalue weighted by Crippen LogP contribution is -2.58. The molecule has 27 nitrogen and oxygen atoms in total. The van der Waals surface area contributed by atoms with Crippen molar-refractivity contribution in [1.29, 1.82) is 0 Å². The SMILES string of the molecule is CC(C)[C@H](NC(=O)[C@H](CC(=O)O)NC(=O)[C@H](CCCCN)NC(=O)[C@H](CCCN=C(N)N)NC(=O)C[C@H](NC(=O)[C@H](CCCCN)NC(=O)[C@@H](N)CCCN=C(N)N)C(=O)O)C(=O)O. The van der Waals surface area contributed by atoms with Crippen LogP contribution in [0.4, 0.5) is 0 Å². The first-order valence-corrected chi connectivity index (χ1v) is 20.8. The van der Waals surface area contributed by atoms with Gasteiger partial charge in [-0.25, -0.2) is 9.59 Å². The summed E-state index contributed by atoms with van der Waals surface area (Å²) in [6.07, 6.45) is -0.0997. The number of aliphatic imine (C=N–C) groups is 2. The Labute approximate surface area is 370 Å². The zero-order valence-electron chi connectivity index (χ0n) is 36.4. The normalized spacial score (nSPS) is 14.2. The van der Waals surface area contributed by atoms with E-state index in [4.69, 9.17) is 40.1 Å². The van der Waals surface area contributed by atoms with Crippen molar-refractivity contribution in [2.45, 2.75) is 133 Å². The number of carboxylic acid groups (broad SMARTS) is 3. The summed E-state index contributed by atoms with van der Waals surface area (Å²) in [7, 11) is 0. The molecule has 64 heavy (non-hydrogen) atoms. The standard InChI is InChI=1S/C37H69N15O12/c1-19(2)28(35(63)64)52-33(60)24(18-27(54)55)50-31(58)23(11-4-6-14-39)49-30(57)21(12-8-16-46-37(43)44)47-26(53)17-25(34(61)62)51-32(59)22(10-3-5-13-38)48-29(56)20(40)9-7-15-45-36(41)42/h19-25,28H,3-18,38-40H2,1-2H3,(H,47,53)(H,48,56)(H,49,57)(H,50,58)(H,51,59)(H,52,60)(H,54,55)(H,61,62)(H,63,64)(H4,41,42,45)(H4,43,44,46)/t20-,21-,22-,23-,24-,25-,28-/m0/s1. The minimum atomic E-state index is -1.87. The zero-order chi connectivity index (χ0) is 48.9. The molecule has 0 aliphatic heterocycles. The zero-order valence-corrected chi connectivity index (χ0v) is 36.4. The van der Waals surface area contributed by atoms with Crippen molar-refractivity contribution in [3.05, 3.63) is 0 Å². The number of hydrogen-bond donors (Lipinski definition) is 16. The minimum absolute atomic E-state index is 0.0207. The Kier molecular flexibility index (Phi) is 28.4. The van der Waals surface area contributed by atoms with E-state index in [9.17, 15) is 58.5 Å². The summed E-state index contributed by atoms with van der Waals surface area (Å²) in [5.41, 5.74) is 38.6. The molecule has 27 heteroatoms. The van der Waals surface area contributed by atoms with Crippen LogP contribution < -0.4 is 72.0 Å². The van der Waals surface area contributed by atoms with Crippen LogP contribution in [0.2, 0.25) is 0 Å². The maximum Gasteiger partial charge on any atom is 0.326 e. The summed E-state index contributed by atoms with van der Waals surface area (Å²) >= 11 is 0. The van der Waals surface area contributed by atoms with E-state index >= 15 is 0 Å². The third-order valence-electron chi connectivity index (χ3n) is 9.31. The Morgan fingerprint density at radius 1 is 0.484 bits per heavy atom. The highest BCUT2D eigenvalue weighted by molar-refractivity contribution is 5.97. The second-order valence-electron chi connectivity index (χ2n) is 15.1. The average Bonchev–Trinajstić information content (AvgIpc) is 3.20. The molecule has 0 aromatic rings. The molecule has 0 fully saturated rings. The van der Waals surface area contributed by atoms with Gasteiger partial charge in [0.1, 0.15) is 36.3 Å². The third kappa shape index (κ3) is 24.9. The van der Waals surface area contributed by atoms with Crippen LogP contribution in [-0.2, 0) is 43.2 Å². The molecular formula is C37H69N15O12. The molecule has 0 saturated carbocycles. The molecule has 364 valence electrons. The number of carboxylic acids is 3. The summed E-state index contributed by atoms with van der Waals surface area (Å²) in [5.74, 6) is -11.4. The maximum atomic E-state index is 13.8. The number of hydrogen-bond acceptors (Lipinski definition) is 14. The molecule has 0 saturated heterocycles. The van der Waals surface area contributed by atoms with Gasteiger partial charge in [-0.15, -0.1) is 0 Å². The van der Waals surface area contributed by atoms with Crippen molar-refractivity contribution in [1.82, 2.24) is 31.9 Å². The predicted octanol–water partition coefficient (Wildman–Crippen LogP) is -5.72. The second-order valence-corrected chi connectivity index (χ2v) is 15.1. The van der Waals surface area contributed by atoms with Crippen LogP contribution in [0, 0.1) is 5.92 Å². The number of nitrogens with zero attached hydrogens (tertiary/aromatic N) is 2. The van der Waals surface area contributed by atoms with E-state index in [1.54, 1.807) is 0 Å². The van der Waals surface area contributed by atoms with Gasteiger partial charge in [0.25, 0.3) is 0 Å². The average molecular weight is 916 g/mol. The molecule has 6 amide bonds. The van der Waals surface area contributed by atoms with Gasteiger partial charge >= 0.3 is 17.9 Å². The van der Waals surface area contributed by atoms with Crippen LogP contribution in [-0.4, -0.2) is 149 Å². The number of rotatable bonds is 34. The molecule has 0 radical (unpaired) electrons. The fourth-order valence-electron chi connectivity index (χ4n) is 5.83. The van der Waals surface area contributed by atoms with E-state index in [0.29, 0.717) is 25.7 Å². The summed E-state index contributed by atoms with van der Waals surface area (Å²) < 4.78 is 0. The highest BCUT2D eigenvalue weighted by Gasteiger charge is 2.34. The number of unbranched alkanes of at least 4 members (excludes halogenated alkanes) is 2. The largest absolute Gasteiger partial charge is 0.481 e. The molecular weight excluding hydrogens is 846 g/mol. The smallest absolute Gasteiger partial charge is 0.326 e. The third-order valence-corrected chi connectivity index (χ3v) is 9.31. The van der Waals surface area contributed by atoms with Crippen molar-refractivity contribution in [3.8, 4) is 0 Å². The summed E-state index contributed by atoms with van der Waals surface area (Å²) in [5, 5.41) is 43.1. The van der Waals surface area contributed by atoms with Crippen LogP contribution in [0.15, 0.2) is 9.98 Å². The molecule has 7 atom stereocenters. The molecule has 0 spiro atoms. The molecule has 0 bridgehead atoms. The van der Waals surface area contributed by atoms with Crippen LogP contribution >= 0.6 is 0 Å². The Bertz CT molecular complexity index is 1620. The summed E-state index contributed by atoms with van der Waals surface area (Å²) in [4.78, 5) is 124. The van der Waals surface area contributed by atoms with Gasteiger partial charge in [-0.05, 0) is 83.2 Å². The molecule has 0 aromatic heterocycles. The number of amides is 6. The van der Waals surface area contributed by atoms with Gasteiger partial charge in [-0.2, -0.15) is 0 Å². The first-order chi connectivity index (χ1) is 30.0. The lowest BCUT2D eigenvalue weighted by atomic mass is 10.0. The Morgan fingerprint density at radius 2 is 0.891 bits per heavy atom. The quantitative estimate of drug-likeness (QED) is 0.0162. The van der Waals surface area contributed by atoms with Gasteiger partial charge in [-0.3, -0.25) is 43.5 Å². The molecule has 0 aliphatic rings. The van der Waals surface area contributed by atoms with Gasteiger partial charge in [0.15, 0.2) is 11.9 Å². The Balaban J connectivity index is 6.36. The lowest BCUT2D eigenvalue weighted by molar-refractivity contribution is -0.145. The van der Waals surface area contributed by atoms with E-state index in [1.807, 2.05) is 0 Å². The van der Waals surface area contributed by atoms with E-state index < -0.39 is 114 Å². The first kappa shape index (κ1) is 57.6. The summed E-state index contributed by atoms with van der Waals surface area (Å²) in [6.45, 7) is 3.63. The van der Waals surface area contributed by atoms with Gasteiger partial charge in [0.05, 0.1) is 18.9 Å². The molecule has 0 heterocycles. The number of aliphatic carboxylic acids is 3. The highest BCUT2D eigenvalue weighted by Crippen LogP contribution is 2.10. The van der Waals surface area contributed by atoms with Crippen LogP contribution in [0.25, 0.3) is 0 Å². The monoisotopic (exact) mass is 916 g/mol. The van der Waals surface area contributed by atoms with E-state index in [-0.39, 0.29) is 76.6 Å². The number of carbonyl (C=O) groups is 9. The van der Waals surface area contributed by atoms with Gasteiger partial charge in [0, 0.05) is 13.1 Å². The lowest BCUT2D eigenvalue weighted by Gasteiger charge is -2.26. The van der Waals surface area contributed by atoms with E-state index in [0.717, 1.165) is 0 Å². The first-order valence-electron chi connectivity index (χ1n) is 20.8. The minimum Gasteiger partial charge on any atom is -0.481 e. The van der Waals surface area contributed by atoms with Crippen molar-refractivity contribution in [2.24, 2.45) is 56.0 Å². The number of guanidine groups is 2. The maximum absolute atomic E-state index is 13.8. The fraction of sp³-hybridized carbons (Fsp3) is 0.703. The Morgan fingerprint density at radius 3 is 1.31 bits per heavy atom. The molecule has 0 rings (SSSR count).